The van der Waals surface area contributed by atoms with E-state index in [2.05, 4.69) is 160 Å². The third-order valence-electron chi connectivity index (χ3n) is 5.86. The molecule has 0 amide bonds. The van der Waals surface area contributed by atoms with Crippen molar-refractivity contribution in [3.05, 3.63) is 150 Å². The summed E-state index contributed by atoms with van der Waals surface area (Å²) in [5.74, 6) is 0. The largest absolute Gasteiger partial charge is 0.317 e. The molecular formula is C36H44N2. The number of hydrogen-bond acceptors (Lipinski definition) is 2. The monoisotopic (exact) mass is 504 g/mol. The van der Waals surface area contributed by atoms with Crippen molar-refractivity contribution in [2.45, 2.75) is 27.7 Å². The summed E-state index contributed by atoms with van der Waals surface area (Å²) in [6.07, 6.45) is 0. The number of rotatable bonds is 9. The molecule has 0 bridgehead atoms. The van der Waals surface area contributed by atoms with E-state index in [4.69, 9.17) is 0 Å². The Morgan fingerprint density at radius 1 is 0.447 bits per heavy atom. The third kappa shape index (κ3) is 9.97. The van der Waals surface area contributed by atoms with E-state index in [1.54, 1.807) is 0 Å². The van der Waals surface area contributed by atoms with Crippen LogP contribution in [0.4, 0.5) is 0 Å². The Labute approximate surface area is 231 Å². The van der Waals surface area contributed by atoms with Gasteiger partial charge < -0.3 is 10.6 Å². The molecule has 0 aliphatic rings. The van der Waals surface area contributed by atoms with Crippen molar-refractivity contribution in [2.24, 2.45) is 0 Å². The van der Waals surface area contributed by atoms with Crippen molar-refractivity contribution in [3.8, 4) is 0 Å². The molecule has 198 valence electrons. The van der Waals surface area contributed by atoms with Crippen LogP contribution in [0.1, 0.15) is 49.9 Å². The Kier molecular flexibility index (Phi) is 14.9. The fraction of sp³-hybridized carbons (Fsp3) is 0.222. The molecule has 0 fully saturated rings. The van der Waals surface area contributed by atoms with E-state index in [1.807, 2.05) is 6.07 Å². The van der Waals surface area contributed by atoms with Gasteiger partial charge in [-0.25, -0.2) is 0 Å². The van der Waals surface area contributed by atoms with Crippen LogP contribution in [0.25, 0.3) is 16.7 Å². The number of hydrogen-bond donors (Lipinski definition) is 2. The molecule has 2 nitrogen and oxygen atoms in total. The molecule has 4 aromatic rings. The molecule has 38 heavy (non-hydrogen) atoms. The molecule has 2 N–H and O–H groups in total. The number of allylic oxidation sites excluding steroid dienone is 2. The first-order chi connectivity index (χ1) is 18.7. The highest BCUT2D eigenvalue weighted by molar-refractivity contribution is 6.17. The highest BCUT2D eigenvalue weighted by Crippen LogP contribution is 2.39. The van der Waals surface area contributed by atoms with E-state index < -0.39 is 0 Å². The predicted molar refractivity (Wildman–Crippen MR) is 169 cm³/mol. The lowest BCUT2D eigenvalue weighted by Gasteiger charge is -2.19. The van der Waals surface area contributed by atoms with E-state index in [0.717, 1.165) is 42.9 Å². The lowest BCUT2D eigenvalue weighted by molar-refractivity contribution is 0.762. The SMILES string of the molecule is C=C(C(=C(c1ccccc1)c1ccccc1)c1ccccc1)c1ccccc1.CCNCC.CCNCC. The van der Waals surface area contributed by atoms with Crippen molar-refractivity contribution in [1.29, 1.82) is 0 Å². The van der Waals surface area contributed by atoms with Gasteiger partial charge in [-0.3, -0.25) is 0 Å². The van der Waals surface area contributed by atoms with Crippen LogP contribution in [-0.2, 0) is 0 Å². The van der Waals surface area contributed by atoms with Crippen molar-refractivity contribution in [3.63, 3.8) is 0 Å². The van der Waals surface area contributed by atoms with Crippen LogP contribution in [0.2, 0.25) is 0 Å². The molecule has 0 unspecified atom stereocenters. The van der Waals surface area contributed by atoms with Gasteiger partial charge in [0, 0.05) is 0 Å². The molecule has 4 aromatic carbocycles. The Morgan fingerprint density at radius 2 is 0.737 bits per heavy atom. The minimum Gasteiger partial charge on any atom is -0.317 e. The summed E-state index contributed by atoms with van der Waals surface area (Å²) >= 11 is 0. The first-order valence-corrected chi connectivity index (χ1v) is 13.7. The smallest absolute Gasteiger partial charge is 0.00268 e. The molecule has 0 radical (unpaired) electrons. The van der Waals surface area contributed by atoms with Crippen LogP contribution in [0.5, 0.6) is 0 Å². The van der Waals surface area contributed by atoms with E-state index in [-0.39, 0.29) is 0 Å². The van der Waals surface area contributed by atoms with E-state index in [9.17, 15) is 0 Å². The first-order valence-electron chi connectivity index (χ1n) is 13.7. The van der Waals surface area contributed by atoms with E-state index in [0.29, 0.717) is 0 Å². The summed E-state index contributed by atoms with van der Waals surface area (Å²) in [5, 5.41) is 6.22. The van der Waals surface area contributed by atoms with Gasteiger partial charge >= 0.3 is 0 Å². The van der Waals surface area contributed by atoms with Crippen LogP contribution >= 0.6 is 0 Å². The van der Waals surface area contributed by atoms with Gasteiger partial charge in [0.2, 0.25) is 0 Å². The second-order valence-electron chi connectivity index (χ2n) is 8.61. The molecule has 0 spiro atoms. The van der Waals surface area contributed by atoms with E-state index >= 15 is 0 Å². The molecule has 4 rings (SSSR count). The molecule has 0 aliphatic heterocycles. The zero-order valence-electron chi connectivity index (χ0n) is 23.6. The van der Waals surface area contributed by atoms with Crippen molar-refractivity contribution < 1.29 is 0 Å². The first kappa shape index (κ1) is 30.5. The quantitative estimate of drug-likeness (QED) is 0.176. The standard InChI is InChI=1S/C28H22.2C4H11N/c1-22(23-14-6-2-7-15-23)27(24-16-8-3-9-17-24)28(25-18-10-4-11-19-25)26-20-12-5-13-21-26;2*1-3-5-4-2/h2-21H,1H2;2*5H,3-4H2,1-2H3. The van der Waals surface area contributed by atoms with Gasteiger partial charge in [0.25, 0.3) is 0 Å². The van der Waals surface area contributed by atoms with Gasteiger partial charge in [-0.1, -0.05) is 156 Å². The lowest BCUT2D eigenvalue weighted by atomic mass is 9.84. The summed E-state index contributed by atoms with van der Waals surface area (Å²) in [5.41, 5.74) is 8.04. The molecule has 0 aromatic heterocycles. The Bertz CT molecular complexity index is 1130. The molecule has 0 heterocycles. The normalized spacial score (nSPS) is 9.79. The highest BCUT2D eigenvalue weighted by Gasteiger charge is 2.17. The zero-order chi connectivity index (χ0) is 27.4. The summed E-state index contributed by atoms with van der Waals surface area (Å²) in [4.78, 5) is 0. The fourth-order valence-electron chi connectivity index (χ4n) is 4.02. The maximum atomic E-state index is 4.52. The molecule has 0 saturated heterocycles. The summed E-state index contributed by atoms with van der Waals surface area (Å²) in [7, 11) is 0. The summed E-state index contributed by atoms with van der Waals surface area (Å²) in [6, 6.07) is 42.1. The van der Waals surface area contributed by atoms with Gasteiger partial charge in [-0.15, -0.1) is 0 Å². The van der Waals surface area contributed by atoms with Gasteiger partial charge in [0.15, 0.2) is 0 Å². The number of nitrogens with one attached hydrogen (secondary N) is 2. The predicted octanol–water partition coefficient (Wildman–Crippen LogP) is 8.59. The van der Waals surface area contributed by atoms with Crippen LogP contribution < -0.4 is 10.6 Å². The van der Waals surface area contributed by atoms with Crippen molar-refractivity contribution >= 4 is 16.7 Å². The average Bonchev–Trinajstić information content (AvgIpc) is 2.99. The summed E-state index contributed by atoms with van der Waals surface area (Å²) < 4.78 is 0. The molecule has 2 heteroatoms. The van der Waals surface area contributed by atoms with Gasteiger partial charge in [-0.05, 0) is 65.2 Å². The van der Waals surface area contributed by atoms with Gasteiger partial charge in [0.05, 0.1) is 0 Å². The molecule has 0 saturated carbocycles. The third-order valence-corrected chi connectivity index (χ3v) is 5.86. The van der Waals surface area contributed by atoms with E-state index in [1.165, 1.54) is 22.3 Å². The lowest BCUT2D eigenvalue weighted by Crippen LogP contribution is -2.09. The van der Waals surface area contributed by atoms with Crippen molar-refractivity contribution in [2.75, 3.05) is 26.2 Å². The van der Waals surface area contributed by atoms with Crippen LogP contribution in [0.3, 0.4) is 0 Å². The molecule has 0 aliphatic carbocycles. The van der Waals surface area contributed by atoms with Crippen LogP contribution in [0, 0.1) is 0 Å². The minimum atomic E-state index is 1.02. The highest BCUT2D eigenvalue weighted by atomic mass is 14.8. The molecular weight excluding hydrogens is 460 g/mol. The topological polar surface area (TPSA) is 24.1 Å². The van der Waals surface area contributed by atoms with Gasteiger partial charge in [-0.2, -0.15) is 0 Å². The Morgan fingerprint density at radius 3 is 1.03 bits per heavy atom. The van der Waals surface area contributed by atoms with Crippen molar-refractivity contribution in [1.82, 2.24) is 10.6 Å². The molecule has 0 atom stereocenters. The maximum Gasteiger partial charge on any atom is -0.00268 e. The average molecular weight is 505 g/mol. The Hall–Kier alpha value is -3.72. The zero-order valence-corrected chi connectivity index (χ0v) is 23.6. The minimum absolute atomic E-state index is 1.02. The van der Waals surface area contributed by atoms with Crippen LogP contribution in [0.15, 0.2) is 128 Å². The second kappa shape index (κ2) is 18.5. The maximum absolute atomic E-state index is 4.52. The van der Waals surface area contributed by atoms with Gasteiger partial charge in [0.1, 0.15) is 0 Å². The number of benzene rings is 4. The fourth-order valence-corrected chi connectivity index (χ4v) is 4.02. The second-order valence-corrected chi connectivity index (χ2v) is 8.61. The van der Waals surface area contributed by atoms with Crippen LogP contribution in [-0.4, -0.2) is 26.2 Å². The summed E-state index contributed by atoms with van der Waals surface area (Å²) in [6.45, 7) is 17.3. The Balaban J connectivity index is 0.000000435.